The van der Waals surface area contributed by atoms with Crippen LogP contribution in [0.1, 0.15) is 39.0 Å². The minimum absolute atomic E-state index is 0.0690. The number of imide groups is 1. The third-order valence-corrected chi connectivity index (χ3v) is 3.58. The van der Waals surface area contributed by atoms with E-state index in [9.17, 15) is 9.59 Å². The van der Waals surface area contributed by atoms with Crippen LogP contribution in [-0.4, -0.2) is 11.8 Å². The summed E-state index contributed by atoms with van der Waals surface area (Å²) in [5, 5.41) is 2.48. The molecule has 1 aliphatic carbocycles. The number of hydrogen-bond acceptors (Lipinski definition) is 2. The van der Waals surface area contributed by atoms with Gasteiger partial charge in [0.25, 0.3) is 0 Å². The van der Waals surface area contributed by atoms with Crippen molar-refractivity contribution < 1.29 is 9.59 Å². The molecule has 15 heavy (non-hydrogen) atoms. The third kappa shape index (κ3) is 1.50. The fraction of sp³-hybridized carbons (Fsp3) is 0.667. The predicted molar refractivity (Wildman–Crippen MR) is 57.0 cm³/mol. The molecule has 1 saturated heterocycles. The van der Waals surface area contributed by atoms with Crippen molar-refractivity contribution in [1.82, 2.24) is 5.32 Å². The van der Waals surface area contributed by atoms with Crippen molar-refractivity contribution in [2.75, 3.05) is 0 Å². The van der Waals surface area contributed by atoms with Crippen LogP contribution in [0, 0.1) is 11.3 Å². The Hall–Kier alpha value is -1.12. The molecule has 0 aromatic rings. The Morgan fingerprint density at radius 3 is 3.07 bits per heavy atom. The van der Waals surface area contributed by atoms with Crippen molar-refractivity contribution in [3.63, 3.8) is 0 Å². The van der Waals surface area contributed by atoms with Gasteiger partial charge in [-0.05, 0) is 19.3 Å². The molecule has 1 fully saturated rings. The molecule has 2 rings (SSSR count). The molecule has 0 aromatic carbocycles. The lowest BCUT2D eigenvalue weighted by Gasteiger charge is -2.30. The van der Waals surface area contributed by atoms with Crippen LogP contribution >= 0.6 is 0 Å². The van der Waals surface area contributed by atoms with Crippen LogP contribution in [0.4, 0.5) is 0 Å². The number of nitrogens with one attached hydrogen (secondary N) is 1. The van der Waals surface area contributed by atoms with E-state index >= 15 is 0 Å². The average molecular weight is 207 g/mol. The van der Waals surface area contributed by atoms with Gasteiger partial charge in [0.05, 0.1) is 11.3 Å². The second-order valence-corrected chi connectivity index (χ2v) is 4.49. The Balaban J connectivity index is 2.29. The van der Waals surface area contributed by atoms with Crippen LogP contribution in [0.25, 0.3) is 0 Å². The molecule has 1 aliphatic heterocycles. The standard InChI is InChI=1S/C12H17NO2/c1-2-3-7-12-8-5-4-6-9(12)10(14)13-11(12)15/h5,8-9H,2-4,6-7H2,1H3,(H,13,14,15). The van der Waals surface area contributed by atoms with Gasteiger partial charge in [-0.3, -0.25) is 14.9 Å². The Morgan fingerprint density at radius 2 is 2.33 bits per heavy atom. The molecule has 3 heteroatoms. The maximum absolute atomic E-state index is 11.9. The molecule has 2 unspecified atom stereocenters. The topological polar surface area (TPSA) is 46.2 Å². The van der Waals surface area contributed by atoms with Gasteiger partial charge in [0.2, 0.25) is 11.8 Å². The smallest absolute Gasteiger partial charge is 0.237 e. The summed E-state index contributed by atoms with van der Waals surface area (Å²) in [7, 11) is 0. The molecule has 3 nitrogen and oxygen atoms in total. The summed E-state index contributed by atoms with van der Waals surface area (Å²) < 4.78 is 0. The van der Waals surface area contributed by atoms with Crippen molar-refractivity contribution >= 4 is 11.8 Å². The van der Waals surface area contributed by atoms with Gasteiger partial charge in [-0.2, -0.15) is 0 Å². The molecule has 1 heterocycles. The van der Waals surface area contributed by atoms with Gasteiger partial charge >= 0.3 is 0 Å². The largest absolute Gasteiger partial charge is 0.295 e. The maximum atomic E-state index is 11.9. The van der Waals surface area contributed by atoms with E-state index < -0.39 is 5.41 Å². The summed E-state index contributed by atoms with van der Waals surface area (Å²) in [4.78, 5) is 23.5. The molecule has 2 atom stereocenters. The van der Waals surface area contributed by atoms with Crippen LogP contribution in [0.2, 0.25) is 0 Å². The monoisotopic (exact) mass is 207 g/mol. The summed E-state index contributed by atoms with van der Waals surface area (Å²) in [5.74, 6) is -0.260. The fourth-order valence-electron chi connectivity index (χ4n) is 2.68. The Labute approximate surface area is 89.9 Å². The van der Waals surface area contributed by atoms with Gasteiger partial charge in [0, 0.05) is 0 Å². The van der Waals surface area contributed by atoms with E-state index in [0.29, 0.717) is 0 Å². The molecule has 0 aromatic heterocycles. The zero-order valence-electron chi connectivity index (χ0n) is 9.08. The van der Waals surface area contributed by atoms with E-state index in [-0.39, 0.29) is 17.7 Å². The summed E-state index contributed by atoms with van der Waals surface area (Å²) in [6.07, 6.45) is 8.62. The Kier molecular flexibility index (Phi) is 2.63. The minimum Gasteiger partial charge on any atom is -0.295 e. The second kappa shape index (κ2) is 3.80. The molecule has 82 valence electrons. The van der Waals surface area contributed by atoms with Crippen LogP contribution in [0.5, 0.6) is 0 Å². The Morgan fingerprint density at radius 1 is 1.53 bits per heavy atom. The number of hydrogen-bond donors (Lipinski definition) is 1. The Bertz CT molecular complexity index is 322. The highest BCUT2D eigenvalue weighted by atomic mass is 16.2. The molecule has 2 aliphatic rings. The number of unbranched alkanes of at least 4 members (excludes halogenated alkanes) is 1. The molecule has 0 bridgehead atoms. The lowest BCUT2D eigenvalue weighted by Crippen LogP contribution is -2.34. The fourth-order valence-corrected chi connectivity index (χ4v) is 2.68. The predicted octanol–water partition coefficient (Wildman–Crippen LogP) is 1.79. The van der Waals surface area contributed by atoms with Gasteiger partial charge in [0.1, 0.15) is 0 Å². The van der Waals surface area contributed by atoms with Crippen LogP contribution < -0.4 is 5.32 Å². The first kappa shape index (κ1) is 10.4. The van der Waals surface area contributed by atoms with Crippen LogP contribution in [0.15, 0.2) is 12.2 Å². The van der Waals surface area contributed by atoms with E-state index in [1.165, 1.54) is 0 Å². The van der Waals surface area contributed by atoms with Crippen molar-refractivity contribution in [1.29, 1.82) is 0 Å². The first-order chi connectivity index (χ1) is 7.20. The molecule has 0 saturated carbocycles. The number of carbonyl (C=O) groups excluding carboxylic acids is 2. The third-order valence-electron chi connectivity index (χ3n) is 3.58. The first-order valence-electron chi connectivity index (χ1n) is 5.73. The highest BCUT2D eigenvalue weighted by molar-refractivity contribution is 6.08. The van der Waals surface area contributed by atoms with E-state index in [1.54, 1.807) is 0 Å². The average Bonchev–Trinajstić information content (AvgIpc) is 2.50. The van der Waals surface area contributed by atoms with Gasteiger partial charge in [-0.25, -0.2) is 0 Å². The lowest BCUT2D eigenvalue weighted by molar-refractivity contribution is -0.127. The van der Waals surface area contributed by atoms with E-state index in [2.05, 4.69) is 12.2 Å². The maximum Gasteiger partial charge on any atom is 0.237 e. The molecular formula is C12H17NO2. The van der Waals surface area contributed by atoms with Crippen molar-refractivity contribution in [2.24, 2.45) is 11.3 Å². The molecule has 2 amide bonds. The molecule has 0 radical (unpaired) electrons. The summed E-state index contributed by atoms with van der Waals surface area (Å²) in [6, 6.07) is 0. The van der Waals surface area contributed by atoms with Gasteiger partial charge in [-0.1, -0.05) is 31.9 Å². The zero-order valence-corrected chi connectivity index (χ0v) is 9.08. The molecule has 0 spiro atoms. The highest BCUT2D eigenvalue weighted by Crippen LogP contribution is 2.44. The van der Waals surface area contributed by atoms with Crippen molar-refractivity contribution in [3.05, 3.63) is 12.2 Å². The van der Waals surface area contributed by atoms with Crippen molar-refractivity contribution in [2.45, 2.75) is 39.0 Å². The summed E-state index contributed by atoms with van der Waals surface area (Å²) in [6.45, 7) is 2.10. The number of carbonyl (C=O) groups is 2. The van der Waals surface area contributed by atoms with Crippen LogP contribution in [0.3, 0.4) is 0 Å². The first-order valence-corrected chi connectivity index (χ1v) is 5.73. The number of allylic oxidation sites excluding steroid dienone is 1. The van der Waals surface area contributed by atoms with Gasteiger partial charge in [-0.15, -0.1) is 0 Å². The van der Waals surface area contributed by atoms with Crippen molar-refractivity contribution in [3.8, 4) is 0 Å². The lowest BCUT2D eigenvalue weighted by atomic mass is 9.69. The van der Waals surface area contributed by atoms with Gasteiger partial charge < -0.3 is 0 Å². The number of fused-ring (bicyclic) bond motifs is 1. The molecular weight excluding hydrogens is 190 g/mol. The SMILES string of the molecule is CCCCC12C=CCCC1C(=O)NC2=O. The van der Waals surface area contributed by atoms with E-state index in [1.807, 2.05) is 12.2 Å². The number of rotatable bonds is 3. The zero-order chi connectivity index (χ0) is 10.9. The van der Waals surface area contributed by atoms with E-state index in [0.717, 1.165) is 32.1 Å². The number of amides is 2. The molecule has 1 N–H and O–H groups in total. The highest BCUT2D eigenvalue weighted by Gasteiger charge is 2.53. The summed E-state index contributed by atoms with van der Waals surface area (Å²) >= 11 is 0. The second-order valence-electron chi connectivity index (χ2n) is 4.49. The van der Waals surface area contributed by atoms with E-state index in [4.69, 9.17) is 0 Å². The quantitative estimate of drug-likeness (QED) is 0.566. The van der Waals surface area contributed by atoms with Crippen LogP contribution in [-0.2, 0) is 9.59 Å². The summed E-state index contributed by atoms with van der Waals surface area (Å²) in [5.41, 5.74) is -0.509. The van der Waals surface area contributed by atoms with Gasteiger partial charge in [0.15, 0.2) is 0 Å². The normalized spacial score (nSPS) is 34.1. The minimum atomic E-state index is -0.509.